The average Bonchev–Trinajstić information content (AvgIpc) is 2.65. The summed E-state index contributed by atoms with van der Waals surface area (Å²) in [6.07, 6.45) is 9.05. The molecular weight excluding hydrogens is 205 g/mol. The maximum Gasteiger partial charge on any atom is 0.137 e. The van der Waals surface area contributed by atoms with Crippen LogP contribution in [0.15, 0.2) is 12.7 Å². The highest BCUT2D eigenvalue weighted by atomic mass is 19.1. The van der Waals surface area contributed by atoms with Crippen molar-refractivity contribution in [2.75, 3.05) is 0 Å². The summed E-state index contributed by atoms with van der Waals surface area (Å²) >= 11 is 0. The number of hydrogen-bond acceptors (Lipinski definition) is 2. The Kier molecular flexibility index (Phi) is 1.52. The predicted octanol–water partition coefficient (Wildman–Crippen LogP) is 2.30. The SMILES string of the molecule is FC12CC3CC(C1)CC(n1cncn1)(C3)C2. The van der Waals surface area contributed by atoms with Gasteiger partial charge < -0.3 is 0 Å². The zero-order chi connectivity index (χ0) is 10.8. The number of halogens is 1. The molecule has 4 aliphatic carbocycles. The first-order chi connectivity index (χ1) is 7.68. The summed E-state index contributed by atoms with van der Waals surface area (Å²) in [7, 11) is 0. The number of aromatic nitrogens is 3. The summed E-state index contributed by atoms with van der Waals surface area (Å²) in [6, 6.07) is 0. The van der Waals surface area contributed by atoms with E-state index in [1.54, 1.807) is 12.7 Å². The minimum atomic E-state index is -0.907. The van der Waals surface area contributed by atoms with Gasteiger partial charge in [-0.25, -0.2) is 14.1 Å². The molecule has 0 spiro atoms. The van der Waals surface area contributed by atoms with Crippen molar-refractivity contribution in [3.05, 3.63) is 12.7 Å². The molecule has 86 valence electrons. The van der Waals surface area contributed by atoms with Crippen molar-refractivity contribution < 1.29 is 4.39 Å². The van der Waals surface area contributed by atoms with Crippen LogP contribution in [0.3, 0.4) is 0 Å². The average molecular weight is 221 g/mol. The summed E-state index contributed by atoms with van der Waals surface area (Å²) in [5, 5.41) is 4.28. The van der Waals surface area contributed by atoms with E-state index < -0.39 is 5.67 Å². The molecule has 0 N–H and O–H groups in total. The van der Waals surface area contributed by atoms with Crippen molar-refractivity contribution in [1.82, 2.24) is 14.8 Å². The number of alkyl halides is 1. The molecule has 0 aromatic carbocycles. The molecule has 0 radical (unpaired) electrons. The Labute approximate surface area is 94.1 Å². The fourth-order valence-corrected chi connectivity index (χ4v) is 4.82. The van der Waals surface area contributed by atoms with Gasteiger partial charge in [-0.3, -0.25) is 0 Å². The van der Waals surface area contributed by atoms with E-state index in [1.165, 1.54) is 6.42 Å². The lowest BCUT2D eigenvalue weighted by Gasteiger charge is -2.58. The summed E-state index contributed by atoms with van der Waals surface area (Å²) in [5.41, 5.74) is -0.953. The van der Waals surface area contributed by atoms with E-state index in [1.807, 2.05) is 4.68 Å². The molecule has 1 heterocycles. The molecule has 16 heavy (non-hydrogen) atoms. The fourth-order valence-electron chi connectivity index (χ4n) is 4.82. The van der Waals surface area contributed by atoms with Gasteiger partial charge in [0.1, 0.15) is 18.3 Å². The smallest absolute Gasteiger partial charge is 0.137 e. The van der Waals surface area contributed by atoms with E-state index in [-0.39, 0.29) is 5.54 Å². The Morgan fingerprint density at radius 1 is 1.19 bits per heavy atom. The lowest BCUT2D eigenvalue weighted by molar-refractivity contribution is -0.119. The van der Waals surface area contributed by atoms with Crippen LogP contribution in [0.1, 0.15) is 38.5 Å². The monoisotopic (exact) mass is 221 g/mol. The third kappa shape index (κ3) is 1.08. The molecule has 2 atom stereocenters. The van der Waals surface area contributed by atoms with Gasteiger partial charge >= 0.3 is 0 Å². The Hall–Kier alpha value is -0.930. The van der Waals surface area contributed by atoms with Crippen LogP contribution in [0.4, 0.5) is 4.39 Å². The van der Waals surface area contributed by atoms with Crippen LogP contribution < -0.4 is 0 Å². The first-order valence-electron chi connectivity index (χ1n) is 6.22. The van der Waals surface area contributed by atoms with Crippen molar-refractivity contribution in [1.29, 1.82) is 0 Å². The van der Waals surface area contributed by atoms with Crippen LogP contribution in [0.25, 0.3) is 0 Å². The quantitative estimate of drug-likeness (QED) is 0.728. The Balaban J connectivity index is 1.80. The third-order valence-electron chi connectivity index (χ3n) is 4.86. The number of rotatable bonds is 1. The van der Waals surface area contributed by atoms with E-state index >= 15 is 0 Å². The van der Waals surface area contributed by atoms with Gasteiger partial charge in [0.05, 0.1) is 5.54 Å². The van der Waals surface area contributed by atoms with E-state index in [0.717, 1.165) is 25.7 Å². The minimum Gasteiger partial charge on any atom is -0.247 e. The topological polar surface area (TPSA) is 30.7 Å². The molecular formula is C12H16FN3. The van der Waals surface area contributed by atoms with Crippen LogP contribution in [0.2, 0.25) is 0 Å². The van der Waals surface area contributed by atoms with Crippen LogP contribution in [-0.2, 0) is 5.54 Å². The number of hydrogen-bond donors (Lipinski definition) is 0. The Bertz CT molecular complexity index is 400. The molecule has 4 aliphatic rings. The van der Waals surface area contributed by atoms with Gasteiger partial charge in [-0.15, -0.1) is 0 Å². The lowest BCUT2D eigenvalue weighted by atomic mass is 9.52. The first kappa shape index (κ1) is 9.14. The van der Waals surface area contributed by atoms with Gasteiger partial charge in [-0.1, -0.05) is 0 Å². The summed E-state index contributed by atoms with van der Waals surface area (Å²) < 4.78 is 16.6. The number of nitrogens with zero attached hydrogens (tertiary/aromatic N) is 3. The highest BCUT2D eigenvalue weighted by molar-refractivity contribution is 5.10. The summed E-state index contributed by atoms with van der Waals surface area (Å²) in [5.74, 6) is 1.16. The van der Waals surface area contributed by atoms with Crippen LogP contribution >= 0.6 is 0 Å². The zero-order valence-corrected chi connectivity index (χ0v) is 9.27. The van der Waals surface area contributed by atoms with Crippen molar-refractivity contribution >= 4 is 0 Å². The first-order valence-corrected chi connectivity index (χ1v) is 6.22. The van der Waals surface area contributed by atoms with Crippen molar-refractivity contribution in [3.8, 4) is 0 Å². The van der Waals surface area contributed by atoms with Crippen molar-refractivity contribution in [2.24, 2.45) is 11.8 Å². The molecule has 5 rings (SSSR count). The molecule has 4 saturated carbocycles. The van der Waals surface area contributed by atoms with Gasteiger partial charge in [0, 0.05) is 6.42 Å². The van der Waals surface area contributed by atoms with E-state index in [2.05, 4.69) is 10.1 Å². The molecule has 4 heteroatoms. The molecule has 1 aromatic heterocycles. The highest BCUT2D eigenvalue weighted by Gasteiger charge is 2.59. The van der Waals surface area contributed by atoms with Crippen molar-refractivity contribution in [2.45, 2.75) is 49.7 Å². The normalized spacial score (nSPS) is 49.8. The standard InChI is InChI=1S/C12H16FN3/c13-11-2-9-1-10(3-11)5-12(4-9,6-11)16-8-14-7-15-16/h7-10H,1-6H2. The van der Waals surface area contributed by atoms with E-state index in [4.69, 9.17) is 0 Å². The van der Waals surface area contributed by atoms with Gasteiger partial charge in [0.25, 0.3) is 0 Å². The second-order valence-electron chi connectivity index (χ2n) is 6.18. The maximum atomic E-state index is 14.7. The second kappa shape index (κ2) is 2.66. The summed E-state index contributed by atoms with van der Waals surface area (Å²) in [6.45, 7) is 0. The van der Waals surface area contributed by atoms with Gasteiger partial charge in [-0.05, 0) is 43.9 Å². The lowest BCUT2D eigenvalue weighted by Crippen LogP contribution is -2.58. The second-order valence-corrected chi connectivity index (χ2v) is 6.18. The van der Waals surface area contributed by atoms with Gasteiger partial charge in [0.15, 0.2) is 0 Å². The molecule has 0 aliphatic heterocycles. The Morgan fingerprint density at radius 2 is 1.94 bits per heavy atom. The minimum absolute atomic E-state index is 0.0463. The zero-order valence-electron chi connectivity index (χ0n) is 9.27. The molecule has 1 aromatic rings. The molecule has 4 bridgehead atoms. The van der Waals surface area contributed by atoms with Gasteiger partial charge in [-0.2, -0.15) is 5.10 Å². The summed E-state index contributed by atoms with van der Waals surface area (Å²) in [4.78, 5) is 4.03. The molecule has 3 nitrogen and oxygen atoms in total. The molecule has 4 fully saturated rings. The van der Waals surface area contributed by atoms with Crippen molar-refractivity contribution in [3.63, 3.8) is 0 Å². The molecule has 0 saturated heterocycles. The largest absolute Gasteiger partial charge is 0.247 e. The molecule has 2 unspecified atom stereocenters. The van der Waals surface area contributed by atoms with Gasteiger partial charge in [0.2, 0.25) is 0 Å². The van der Waals surface area contributed by atoms with Crippen LogP contribution in [0, 0.1) is 11.8 Å². The van der Waals surface area contributed by atoms with Crippen LogP contribution in [0.5, 0.6) is 0 Å². The van der Waals surface area contributed by atoms with Crippen LogP contribution in [-0.4, -0.2) is 20.4 Å². The van der Waals surface area contributed by atoms with E-state index in [9.17, 15) is 4.39 Å². The predicted molar refractivity (Wildman–Crippen MR) is 56.5 cm³/mol. The third-order valence-corrected chi connectivity index (χ3v) is 4.86. The highest BCUT2D eigenvalue weighted by Crippen LogP contribution is 2.61. The Morgan fingerprint density at radius 3 is 2.50 bits per heavy atom. The fraction of sp³-hybridized carbons (Fsp3) is 0.833. The molecule has 0 amide bonds. The maximum absolute atomic E-state index is 14.7. The van der Waals surface area contributed by atoms with E-state index in [0.29, 0.717) is 18.3 Å².